The first-order valence-corrected chi connectivity index (χ1v) is 7.02. The van der Waals surface area contributed by atoms with Crippen LogP contribution in [0.25, 0.3) is 0 Å². The van der Waals surface area contributed by atoms with Crippen LogP contribution >= 0.6 is 27.5 Å². The van der Waals surface area contributed by atoms with E-state index in [-0.39, 0.29) is 11.3 Å². The molecule has 0 bridgehead atoms. The van der Waals surface area contributed by atoms with Crippen LogP contribution in [0.2, 0.25) is 5.02 Å². The number of carbonyl (C=O) groups is 1. The van der Waals surface area contributed by atoms with Gasteiger partial charge in [-0.15, -0.1) is 0 Å². The van der Waals surface area contributed by atoms with Gasteiger partial charge >= 0.3 is 0 Å². The molecule has 0 fully saturated rings. The van der Waals surface area contributed by atoms with Crippen LogP contribution in [0.3, 0.4) is 0 Å². The van der Waals surface area contributed by atoms with Crippen LogP contribution in [0.5, 0.6) is 0 Å². The molecule has 3 nitrogen and oxygen atoms in total. The largest absolute Gasteiger partial charge is 0.383 e. The van der Waals surface area contributed by atoms with Gasteiger partial charge < -0.3 is 10.6 Å². The average Bonchev–Trinajstić information content (AvgIpc) is 2.41. The molecule has 2 N–H and O–H groups in total. The number of hydrogen-bond donors (Lipinski definition) is 2. The predicted molar refractivity (Wildman–Crippen MR) is 83.0 cm³/mol. The highest BCUT2D eigenvalue weighted by molar-refractivity contribution is 9.10. The molecular formula is C14H10BrClF2N2O. The topological polar surface area (TPSA) is 41.1 Å². The van der Waals surface area contributed by atoms with E-state index in [2.05, 4.69) is 26.6 Å². The SMILES string of the molecule is CNc1c(F)cc(C(=O)Nc2ccc(Cl)cc2Br)cc1F. The Morgan fingerprint density at radius 3 is 2.33 bits per heavy atom. The highest BCUT2D eigenvalue weighted by Gasteiger charge is 2.15. The average molecular weight is 376 g/mol. The molecule has 0 radical (unpaired) electrons. The van der Waals surface area contributed by atoms with E-state index in [4.69, 9.17) is 11.6 Å². The molecule has 21 heavy (non-hydrogen) atoms. The second-order valence-electron chi connectivity index (χ2n) is 4.14. The van der Waals surface area contributed by atoms with E-state index >= 15 is 0 Å². The van der Waals surface area contributed by atoms with Gasteiger partial charge in [0.2, 0.25) is 0 Å². The summed E-state index contributed by atoms with van der Waals surface area (Å²) >= 11 is 9.04. The number of carbonyl (C=O) groups excluding carboxylic acids is 1. The standard InChI is InChI=1S/C14H10BrClF2N2O/c1-19-13-10(17)4-7(5-11(13)18)14(21)20-12-3-2-8(16)6-9(12)15/h2-6,19H,1H3,(H,20,21). The molecular weight excluding hydrogens is 366 g/mol. The molecule has 7 heteroatoms. The minimum atomic E-state index is -0.835. The van der Waals surface area contributed by atoms with E-state index < -0.39 is 17.5 Å². The lowest BCUT2D eigenvalue weighted by molar-refractivity contribution is 0.102. The monoisotopic (exact) mass is 374 g/mol. The van der Waals surface area contributed by atoms with Crippen molar-refractivity contribution in [3.8, 4) is 0 Å². The van der Waals surface area contributed by atoms with Crippen LogP contribution in [0.15, 0.2) is 34.8 Å². The van der Waals surface area contributed by atoms with Crippen LogP contribution in [-0.4, -0.2) is 13.0 Å². The smallest absolute Gasteiger partial charge is 0.255 e. The second-order valence-corrected chi connectivity index (χ2v) is 5.43. The van der Waals surface area contributed by atoms with E-state index in [0.29, 0.717) is 15.2 Å². The molecule has 0 aliphatic carbocycles. The third-order valence-corrected chi connectivity index (χ3v) is 3.62. The van der Waals surface area contributed by atoms with E-state index in [9.17, 15) is 13.6 Å². The summed E-state index contributed by atoms with van der Waals surface area (Å²) in [6.07, 6.45) is 0. The number of benzene rings is 2. The van der Waals surface area contributed by atoms with Crippen molar-refractivity contribution in [1.82, 2.24) is 0 Å². The first-order valence-electron chi connectivity index (χ1n) is 5.85. The minimum Gasteiger partial charge on any atom is -0.383 e. The molecule has 0 aliphatic heterocycles. The molecule has 110 valence electrons. The lowest BCUT2D eigenvalue weighted by Crippen LogP contribution is -2.13. The third kappa shape index (κ3) is 3.51. The van der Waals surface area contributed by atoms with Crippen molar-refractivity contribution in [2.75, 3.05) is 17.7 Å². The minimum absolute atomic E-state index is 0.120. The van der Waals surface area contributed by atoms with Gasteiger partial charge in [-0.1, -0.05) is 11.6 Å². The number of amides is 1. The molecule has 0 heterocycles. The van der Waals surface area contributed by atoms with Gasteiger partial charge in [0.05, 0.1) is 5.69 Å². The molecule has 2 aromatic carbocycles. The molecule has 0 aliphatic rings. The zero-order chi connectivity index (χ0) is 15.6. The Labute approximate surface area is 133 Å². The number of rotatable bonds is 3. The highest BCUT2D eigenvalue weighted by atomic mass is 79.9. The summed E-state index contributed by atoms with van der Waals surface area (Å²) in [6, 6.07) is 6.71. The fourth-order valence-electron chi connectivity index (χ4n) is 1.73. The Morgan fingerprint density at radius 2 is 1.81 bits per heavy atom. The first kappa shape index (κ1) is 15.7. The molecule has 0 aromatic heterocycles. The summed E-state index contributed by atoms with van der Waals surface area (Å²) in [5.74, 6) is -2.30. The number of anilines is 2. The zero-order valence-corrected chi connectivity index (χ0v) is 13.1. The van der Waals surface area contributed by atoms with Crippen molar-refractivity contribution in [3.63, 3.8) is 0 Å². The fraction of sp³-hybridized carbons (Fsp3) is 0.0714. The van der Waals surface area contributed by atoms with Crippen LogP contribution in [0.1, 0.15) is 10.4 Å². The maximum absolute atomic E-state index is 13.6. The van der Waals surface area contributed by atoms with E-state index in [1.54, 1.807) is 18.2 Å². The van der Waals surface area contributed by atoms with Crippen molar-refractivity contribution < 1.29 is 13.6 Å². The fourth-order valence-corrected chi connectivity index (χ4v) is 2.51. The third-order valence-electron chi connectivity index (χ3n) is 2.73. The summed E-state index contributed by atoms with van der Waals surface area (Å²) in [6.45, 7) is 0. The lowest BCUT2D eigenvalue weighted by Gasteiger charge is -2.10. The van der Waals surface area contributed by atoms with E-state index in [0.717, 1.165) is 12.1 Å². The molecule has 1 amide bonds. The summed E-state index contributed by atoms with van der Waals surface area (Å²) in [7, 11) is 1.39. The molecule has 2 aromatic rings. The van der Waals surface area contributed by atoms with Crippen LogP contribution < -0.4 is 10.6 Å². The lowest BCUT2D eigenvalue weighted by atomic mass is 10.1. The van der Waals surface area contributed by atoms with Gasteiger partial charge in [-0.3, -0.25) is 4.79 Å². The molecule has 0 spiro atoms. The van der Waals surface area contributed by atoms with Crippen molar-refractivity contribution in [1.29, 1.82) is 0 Å². The maximum Gasteiger partial charge on any atom is 0.255 e. The van der Waals surface area contributed by atoms with Crippen LogP contribution in [-0.2, 0) is 0 Å². The number of hydrogen-bond acceptors (Lipinski definition) is 2. The zero-order valence-electron chi connectivity index (χ0n) is 10.8. The molecule has 0 saturated carbocycles. The Kier molecular flexibility index (Phi) is 4.80. The number of nitrogens with one attached hydrogen (secondary N) is 2. The summed E-state index contributed by atoms with van der Waals surface area (Å²) in [4.78, 5) is 12.0. The van der Waals surface area contributed by atoms with E-state index in [1.807, 2.05) is 0 Å². The quantitative estimate of drug-likeness (QED) is 0.818. The Morgan fingerprint density at radius 1 is 1.19 bits per heavy atom. The van der Waals surface area contributed by atoms with Gasteiger partial charge in [-0.05, 0) is 46.3 Å². The van der Waals surface area contributed by atoms with Crippen molar-refractivity contribution in [2.24, 2.45) is 0 Å². The summed E-state index contributed by atoms with van der Waals surface area (Å²) < 4.78 is 27.8. The number of halogens is 4. The highest BCUT2D eigenvalue weighted by Crippen LogP contribution is 2.27. The second kappa shape index (κ2) is 6.41. The van der Waals surface area contributed by atoms with Gasteiger partial charge in [-0.25, -0.2) is 8.78 Å². The van der Waals surface area contributed by atoms with Gasteiger partial charge in [0.15, 0.2) is 0 Å². The first-order chi connectivity index (χ1) is 9.92. The molecule has 0 unspecified atom stereocenters. The predicted octanol–water partition coefficient (Wildman–Crippen LogP) is 4.67. The van der Waals surface area contributed by atoms with Gasteiger partial charge in [0.25, 0.3) is 5.91 Å². The van der Waals surface area contributed by atoms with Gasteiger partial charge in [-0.2, -0.15) is 0 Å². The molecule has 0 saturated heterocycles. The van der Waals surface area contributed by atoms with Crippen LogP contribution in [0, 0.1) is 11.6 Å². The van der Waals surface area contributed by atoms with Gasteiger partial charge in [0, 0.05) is 22.1 Å². The Balaban J connectivity index is 2.28. The molecule has 2 rings (SSSR count). The summed E-state index contributed by atoms with van der Waals surface area (Å²) in [5.41, 5.74) is 0.0491. The van der Waals surface area contributed by atoms with Gasteiger partial charge in [0.1, 0.15) is 17.3 Å². The normalized spacial score (nSPS) is 10.3. The Bertz CT molecular complexity index is 686. The Hall–Kier alpha value is -1.66. The molecule has 0 atom stereocenters. The van der Waals surface area contributed by atoms with Crippen molar-refractivity contribution in [2.45, 2.75) is 0 Å². The van der Waals surface area contributed by atoms with Crippen molar-refractivity contribution >= 4 is 44.8 Å². The van der Waals surface area contributed by atoms with Crippen molar-refractivity contribution in [3.05, 3.63) is 57.0 Å². The van der Waals surface area contributed by atoms with E-state index in [1.165, 1.54) is 7.05 Å². The van der Waals surface area contributed by atoms with Crippen LogP contribution in [0.4, 0.5) is 20.2 Å². The summed E-state index contributed by atoms with van der Waals surface area (Å²) in [5, 5.41) is 5.43. The maximum atomic E-state index is 13.6.